The number of ether oxygens (including phenoxy) is 1. The van der Waals surface area contributed by atoms with Crippen molar-refractivity contribution < 1.29 is 23.1 Å². The van der Waals surface area contributed by atoms with Gasteiger partial charge in [-0.2, -0.15) is 5.10 Å². The monoisotopic (exact) mass is 541 g/mol. The quantitative estimate of drug-likeness (QED) is 0.389. The molecule has 0 radical (unpaired) electrons. The molecule has 1 aromatic carbocycles. The van der Waals surface area contributed by atoms with Crippen LogP contribution in [0.4, 0.5) is 22.0 Å². The third-order valence-electron chi connectivity index (χ3n) is 6.86. The summed E-state index contributed by atoms with van der Waals surface area (Å²) >= 11 is 0. The molecule has 0 unspecified atom stereocenters. The van der Waals surface area contributed by atoms with Crippen molar-refractivity contribution in [2.24, 2.45) is 7.05 Å². The number of rotatable bonds is 8. The molecule has 3 aromatic rings. The molecular weight excluding hydrogens is 510 g/mol. The van der Waals surface area contributed by atoms with Gasteiger partial charge in [0.1, 0.15) is 10.6 Å². The SMILES string of the molecule is C[C@H]1COCCN1c1cc(C2(S(=O)(=O)CCO)CC2)nc(-c2ccc(NC(=O)Nc3cnn(C)c3)cc2)n1. The Morgan fingerprint density at radius 2 is 1.92 bits per heavy atom. The lowest BCUT2D eigenvalue weighted by Gasteiger charge is -2.34. The van der Waals surface area contributed by atoms with E-state index >= 15 is 0 Å². The molecule has 2 fully saturated rings. The number of aromatic nitrogens is 4. The van der Waals surface area contributed by atoms with E-state index in [0.29, 0.717) is 66.9 Å². The molecule has 38 heavy (non-hydrogen) atoms. The molecular formula is C25H31N7O5S. The first kappa shape index (κ1) is 26.1. The van der Waals surface area contributed by atoms with Gasteiger partial charge in [0.2, 0.25) is 0 Å². The normalized spacial score (nSPS) is 18.7. The van der Waals surface area contributed by atoms with Crippen LogP contribution in [0.5, 0.6) is 0 Å². The van der Waals surface area contributed by atoms with Crippen molar-refractivity contribution in [2.75, 3.05) is 47.7 Å². The van der Waals surface area contributed by atoms with Crippen LogP contribution in [-0.2, 0) is 26.4 Å². The molecule has 1 saturated heterocycles. The van der Waals surface area contributed by atoms with Crippen LogP contribution in [0.15, 0.2) is 42.7 Å². The average Bonchev–Trinajstić information content (AvgIpc) is 3.62. The number of hydrogen-bond acceptors (Lipinski definition) is 9. The van der Waals surface area contributed by atoms with Gasteiger partial charge in [-0.05, 0) is 44.0 Å². The van der Waals surface area contributed by atoms with Crippen molar-refractivity contribution in [3.05, 3.63) is 48.4 Å². The average molecular weight is 542 g/mol. The summed E-state index contributed by atoms with van der Waals surface area (Å²) < 4.78 is 32.2. The van der Waals surface area contributed by atoms with Gasteiger partial charge in [0.15, 0.2) is 15.7 Å². The second-order valence-electron chi connectivity index (χ2n) is 9.65. The van der Waals surface area contributed by atoms with Crippen molar-refractivity contribution in [3.63, 3.8) is 0 Å². The lowest BCUT2D eigenvalue weighted by molar-refractivity contribution is 0.0985. The van der Waals surface area contributed by atoms with E-state index in [1.165, 1.54) is 0 Å². The van der Waals surface area contributed by atoms with Crippen LogP contribution in [-0.4, -0.2) is 77.5 Å². The van der Waals surface area contributed by atoms with Crippen LogP contribution >= 0.6 is 0 Å². The number of nitrogens with one attached hydrogen (secondary N) is 2. The Balaban J connectivity index is 1.44. The summed E-state index contributed by atoms with van der Waals surface area (Å²) in [5.74, 6) is 0.731. The van der Waals surface area contributed by atoms with E-state index in [1.807, 2.05) is 6.92 Å². The molecule has 2 aliphatic rings. The lowest BCUT2D eigenvalue weighted by atomic mass is 10.1. The minimum absolute atomic E-state index is 0.0634. The molecule has 3 N–H and O–H groups in total. The number of sulfone groups is 1. The van der Waals surface area contributed by atoms with Gasteiger partial charge < -0.3 is 25.4 Å². The van der Waals surface area contributed by atoms with E-state index in [1.54, 1.807) is 54.5 Å². The molecule has 1 saturated carbocycles. The summed E-state index contributed by atoms with van der Waals surface area (Å²) in [5.41, 5.74) is 2.27. The molecule has 5 rings (SSSR count). The Hall–Kier alpha value is -3.55. The number of aliphatic hydroxyl groups is 1. The first-order chi connectivity index (χ1) is 18.2. The van der Waals surface area contributed by atoms with Gasteiger partial charge in [0.05, 0.1) is 49.2 Å². The molecule has 1 aliphatic carbocycles. The highest BCUT2D eigenvalue weighted by Gasteiger charge is 2.57. The Morgan fingerprint density at radius 3 is 2.55 bits per heavy atom. The second kappa shape index (κ2) is 10.3. The fourth-order valence-electron chi connectivity index (χ4n) is 4.65. The standard InChI is InChI=1S/C25H31N7O5S/c1-17-16-37-11-9-32(17)22-13-21(25(7-8-25)38(35,36)12-10-33)29-23(30-22)18-3-5-19(6-4-18)27-24(34)28-20-14-26-31(2)15-20/h3-6,13-15,17,33H,7-12,16H2,1-2H3,(H2,27,28,34)/t17-/m0/s1. The number of aryl methyl sites for hydroxylation is 1. The zero-order chi connectivity index (χ0) is 26.9. The van der Waals surface area contributed by atoms with Gasteiger partial charge in [0, 0.05) is 37.1 Å². The summed E-state index contributed by atoms with van der Waals surface area (Å²) in [4.78, 5) is 24.0. The van der Waals surface area contributed by atoms with E-state index in [0.717, 1.165) is 0 Å². The van der Waals surface area contributed by atoms with Gasteiger partial charge >= 0.3 is 6.03 Å². The predicted octanol–water partition coefficient (Wildman–Crippen LogP) is 2.14. The van der Waals surface area contributed by atoms with Gasteiger partial charge in [-0.25, -0.2) is 23.2 Å². The molecule has 13 heteroatoms. The van der Waals surface area contributed by atoms with Crippen LogP contribution in [0, 0.1) is 0 Å². The number of carbonyl (C=O) groups is 1. The lowest BCUT2D eigenvalue weighted by Crippen LogP contribution is -2.44. The number of morpholine rings is 1. The summed E-state index contributed by atoms with van der Waals surface area (Å²) in [6.07, 6.45) is 4.15. The van der Waals surface area contributed by atoms with E-state index in [4.69, 9.17) is 14.7 Å². The zero-order valence-electron chi connectivity index (χ0n) is 21.3. The summed E-state index contributed by atoms with van der Waals surface area (Å²) in [5, 5.41) is 18.9. The number of nitrogens with zero attached hydrogens (tertiary/aromatic N) is 5. The molecule has 2 amide bonds. The van der Waals surface area contributed by atoms with Gasteiger partial charge in [-0.1, -0.05) is 0 Å². The third kappa shape index (κ3) is 5.22. The molecule has 2 aromatic heterocycles. The minimum atomic E-state index is -3.60. The first-order valence-electron chi connectivity index (χ1n) is 12.4. The van der Waals surface area contributed by atoms with Gasteiger partial charge in [0.25, 0.3) is 0 Å². The number of aliphatic hydroxyl groups excluding tert-OH is 1. The molecule has 1 atom stereocenters. The van der Waals surface area contributed by atoms with Crippen LogP contribution < -0.4 is 15.5 Å². The van der Waals surface area contributed by atoms with Crippen LogP contribution in [0.25, 0.3) is 11.4 Å². The Bertz CT molecular complexity index is 1420. The smallest absolute Gasteiger partial charge is 0.323 e. The Morgan fingerprint density at radius 1 is 1.18 bits per heavy atom. The van der Waals surface area contributed by atoms with E-state index in [9.17, 15) is 18.3 Å². The highest BCUT2D eigenvalue weighted by atomic mass is 32.2. The molecule has 202 valence electrons. The number of benzene rings is 1. The fourth-order valence-corrected chi connectivity index (χ4v) is 6.43. The maximum absolute atomic E-state index is 13.1. The predicted molar refractivity (Wildman–Crippen MR) is 143 cm³/mol. The number of hydrogen-bond donors (Lipinski definition) is 3. The zero-order valence-corrected chi connectivity index (χ0v) is 22.1. The summed E-state index contributed by atoms with van der Waals surface area (Å²) in [6.45, 7) is 3.33. The number of anilines is 3. The van der Waals surface area contributed by atoms with Crippen molar-refractivity contribution in [1.82, 2.24) is 19.7 Å². The topological polar surface area (TPSA) is 152 Å². The van der Waals surface area contributed by atoms with Crippen molar-refractivity contribution in [2.45, 2.75) is 30.6 Å². The molecule has 3 heterocycles. The summed E-state index contributed by atoms with van der Waals surface area (Å²) in [6, 6.07) is 8.47. The van der Waals surface area contributed by atoms with Crippen molar-refractivity contribution in [3.8, 4) is 11.4 Å². The number of urea groups is 1. The van der Waals surface area contributed by atoms with Crippen LogP contribution in [0.1, 0.15) is 25.5 Å². The van der Waals surface area contributed by atoms with Crippen LogP contribution in [0.3, 0.4) is 0 Å². The molecule has 0 spiro atoms. The summed E-state index contributed by atoms with van der Waals surface area (Å²) in [7, 11) is -1.84. The highest BCUT2D eigenvalue weighted by Crippen LogP contribution is 2.53. The first-order valence-corrected chi connectivity index (χ1v) is 14.1. The van der Waals surface area contributed by atoms with Gasteiger partial charge in [-0.3, -0.25) is 4.68 Å². The highest BCUT2D eigenvalue weighted by molar-refractivity contribution is 7.92. The van der Waals surface area contributed by atoms with Crippen molar-refractivity contribution >= 4 is 33.1 Å². The number of amides is 2. The Kier molecular flexibility index (Phi) is 7.07. The largest absolute Gasteiger partial charge is 0.395 e. The number of carbonyl (C=O) groups excluding carboxylic acids is 1. The molecule has 12 nitrogen and oxygen atoms in total. The molecule has 1 aliphatic heterocycles. The minimum Gasteiger partial charge on any atom is -0.395 e. The van der Waals surface area contributed by atoms with Crippen molar-refractivity contribution in [1.29, 1.82) is 0 Å². The second-order valence-corrected chi connectivity index (χ2v) is 12.1. The van der Waals surface area contributed by atoms with E-state index in [-0.39, 0.29) is 11.8 Å². The van der Waals surface area contributed by atoms with E-state index < -0.39 is 27.2 Å². The van der Waals surface area contributed by atoms with Crippen LogP contribution in [0.2, 0.25) is 0 Å². The Labute approximate surface area is 221 Å². The maximum atomic E-state index is 13.1. The van der Waals surface area contributed by atoms with E-state index in [2.05, 4.69) is 20.6 Å². The molecule has 0 bridgehead atoms. The maximum Gasteiger partial charge on any atom is 0.323 e. The van der Waals surface area contributed by atoms with Gasteiger partial charge in [-0.15, -0.1) is 0 Å². The third-order valence-corrected chi connectivity index (χ3v) is 9.39. The fraction of sp³-hybridized carbons (Fsp3) is 0.440.